The van der Waals surface area contributed by atoms with E-state index >= 15 is 0 Å². The van der Waals surface area contributed by atoms with E-state index in [9.17, 15) is 4.79 Å². The van der Waals surface area contributed by atoms with Crippen LogP contribution in [0.5, 0.6) is 0 Å². The zero-order chi connectivity index (χ0) is 11.0. The fraction of sp³-hybridized carbons (Fsp3) is 0.909. The first kappa shape index (κ1) is 13.9. The Labute approximate surface area is 95.5 Å². The van der Waals surface area contributed by atoms with Crippen molar-refractivity contribution >= 4 is 21.9 Å². The molecule has 0 aromatic rings. The molecule has 0 radical (unpaired) electrons. The van der Waals surface area contributed by atoms with Gasteiger partial charge >= 0.3 is 5.97 Å². The molecule has 0 bridgehead atoms. The predicted octanol–water partition coefficient (Wildman–Crippen LogP) is 3.39. The van der Waals surface area contributed by atoms with Crippen LogP contribution < -0.4 is 0 Å². The molecule has 84 valence electrons. The summed E-state index contributed by atoms with van der Waals surface area (Å²) in [5.41, 5.74) is 0. The lowest BCUT2D eigenvalue weighted by atomic mass is 9.92. The summed E-state index contributed by atoms with van der Waals surface area (Å²) < 4.78 is 4.95. The standard InChI is InChI=1S/C11H21BrO2/c1-4-14-11(13)8-10(5-6-12)7-9(2)3/h9-10H,4-8H2,1-3H3/t10-/m0/s1. The van der Waals surface area contributed by atoms with Crippen LogP contribution in [0.15, 0.2) is 0 Å². The molecule has 0 fully saturated rings. The van der Waals surface area contributed by atoms with Gasteiger partial charge in [-0.25, -0.2) is 0 Å². The van der Waals surface area contributed by atoms with Crippen LogP contribution in [0.2, 0.25) is 0 Å². The largest absolute Gasteiger partial charge is 0.466 e. The lowest BCUT2D eigenvalue weighted by molar-refractivity contribution is -0.144. The van der Waals surface area contributed by atoms with E-state index in [-0.39, 0.29) is 5.97 Å². The van der Waals surface area contributed by atoms with E-state index in [1.165, 1.54) is 0 Å². The minimum absolute atomic E-state index is 0.0564. The Hall–Kier alpha value is -0.0500. The molecule has 0 aromatic carbocycles. The Balaban J connectivity index is 3.88. The first-order chi connectivity index (χ1) is 6.60. The number of carbonyl (C=O) groups is 1. The van der Waals surface area contributed by atoms with Crippen molar-refractivity contribution in [1.82, 2.24) is 0 Å². The van der Waals surface area contributed by atoms with Crippen molar-refractivity contribution in [2.75, 3.05) is 11.9 Å². The summed E-state index contributed by atoms with van der Waals surface area (Å²) in [5, 5.41) is 0.962. The number of alkyl halides is 1. The third-order valence-corrected chi connectivity index (χ3v) is 2.54. The Kier molecular flexibility index (Phi) is 8.24. The van der Waals surface area contributed by atoms with E-state index in [1.54, 1.807) is 0 Å². The van der Waals surface area contributed by atoms with Crippen LogP contribution in [0, 0.1) is 11.8 Å². The zero-order valence-corrected chi connectivity index (χ0v) is 11.0. The molecule has 14 heavy (non-hydrogen) atoms. The topological polar surface area (TPSA) is 26.3 Å². The summed E-state index contributed by atoms with van der Waals surface area (Å²) in [6.07, 6.45) is 2.72. The highest BCUT2D eigenvalue weighted by molar-refractivity contribution is 9.09. The maximum absolute atomic E-state index is 11.3. The maximum atomic E-state index is 11.3. The molecule has 3 heteroatoms. The van der Waals surface area contributed by atoms with Gasteiger partial charge in [0, 0.05) is 11.8 Å². The minimum atomic E-state index is -0.0564. The van der Waals surface area contributed by atoms with Gasteiger partial charge in [-0.2, -0.15) is 0 Å². The maximum Gasteiger partial charge on any atom is 0.306 e. The molecule has 0 heterocycles. The Morgan fingerprint density at radius 2 is 2.07 bits per heavy atom. The molecule has 0 saturated heterocycles. The van der Waals surface area contributed by atoms with Gasteiger partial charge in [0.2, 0.25) is 0 Å². The van der Waals surface area contributed by atoms with Crippen LogP contribution in [-0.2, 0) is 9.53 Å². The fourth-order valence-electron chi connectivity index (χ4n) is 1.58. The van der Waals surface area contributed by atoms with E-state index in [0.29, 0.717) is 24.9 Å². The second-order valence-electron chi connectivity index (χ2n) is 3.98. The summed E-state index contributed by atoms with van der Waals surface area (Å²) in [5.74, 6) is 1.06. The van der Waals surface area contributed by atoms with Crippen molar-refractivity contribution in [1.29, 1.82) is 0 Å². The molecule has 0 unspecified atom stereocenters. The number of hydrogen-bond donors (Lipinski definition) is 0. The first-order valence-electron chi connectivity index (χ1n) is 5.31. The summed E-state index contributed by atoms with van der Waals surface area (Å²) >= 11 is 3.42. The summed E-state index contributed by atoms with van der Waals surface area (Å²) in [6.45, 7) is 6.71. The number of halogens is 1. The molecule has 0 aliphatic heterocycles. The van der Waals surface area contributed by atoms with Gasteiger partial charge in [0.1, 0.15) is 0 Å². The summed E-state index contributed by atoms with van der Waals surface area (Å²) in [7, 11) is 0. The molecule has 0 aliphatic carbocycles. The predicted molar refractivity (Wildman–Crippen MR) is 62.6 cm³/mol. The highest BCUT2D eigenvalue weighted by Crippen LogP contribution is 2.20. The number of ether oxygens (including phenoxy) is 1. The van der Waals surface area contributed by atoms with Crippen LogP contribution in [0.1, 0.15) is 40.0 Å². The third-order valence-electron chi connectivity index (χ3n) is 2.08. The van der Waals surface area contributed by atoms with Gasteiger partial charge in [-0.05, 0) is 31.6 Å². The van der Waals surface area contributed by atoms with Crippen molar-refractivity contribution in [3.8, 4) is 0 Å². The molecule has 0 aliphatic rings. The van der Waals surface area contributed by atoms with Gasteiger partial charge in [-0.1, -0.05) is 29.8 Å². The van der Waals surface area contributed by atoms with Crippen LogP contribution in [0.3, 0.4) is 0 Å². The molecular weight excluding hydrogens is 244 g/mol. The smallest absolute Gasteiger partial charge is 0.306 e. The van der Waals surface area contributed by atoms with Gasteiger partial charge in [0.05, 0.1) is 6.61 Å². The zero-order valence-electron chi connectivity index (χ0n) is 9.38. The number of hydrogen-bond acceptors (Lipinski definition) is 2. The van der Waals surface area contributed by atoms with Gasteiger partial charge in [0.15, 0.2) is 0 Å². The quantitative estimate of drug-likeness (QED) is 0.521. The summed E-state index contributed by atoms with van der Waals surface area (Å²) in [6, 6.07) is 0. The Bertz CT molecular complexity index is 157. The fourth-order valence-corrected chi connectivity index (χ4v) is 2.23. The van der Waals surface area contributed by atoms with Gasteiger partial charge in [-0.3, -0.25) is 4.79 Å². The van der Waals surface area contributed by atoms with Crippen LogP contribution in [-0.4, -0.2) is 17.9 Å². The Morgan fingerprint density at radius 1 is 1.43 bits per heavy atom. The normalized spacial score (nSPS) is 12.9. The second kappa shape index (κ2) is 8.27. The van der Waals surface area contributed by atoms with Crippen LogP contribution in [0.25, 0.3) is 0 Å². The highest BCUT2D eigenvalue weighted by atomic mass is 79.9. The molecule has 0 aromatic heterocycles. The van der Waals surface area contributed by atoms with Crippen molar-refractivity contribution < 1.29 is 9.53 Å². The lowest BCUT2D eigenvalue weighted by Crippen LogP contribution is -2.14. The summed E-state index contributed by atoms with van der Waals surface area (Å²) in [4.78, 5) is 11.3. The van der Waals surface area contributed by atoms with E-state index in [1.807, 2.05) is 6.92 Å². The third kappa shape index (κ3) is 7.36. The minimum Gasteiger partial charge on any atom is -0.466 e. The van der Waals surface area contributed by atoms with Gasteiger partial charge in [-0.15, -0.1) is 0 Å². The van der Waals surface area contributed by atoms with Gasteiger partial charge in [0.25, 0.3) is 0 Å². The molecule has 0 amide bonds. The van der Waals surface area contributed by atoms with Crippen molar-refractivity contribution in [3.05, 3.63) is 0 Å². The van der Waals surface area contributed by atoms with Gasteiger partial charge < -0.3 is 4.74 Å². The monoisotopic (exact) mass is 264 g/mol. The number of esters is 1. The van der Waals surface area contributed by atoms with Crippen molar-refractivity contribution in [3.63, 3.8) is 0 Å². The molecule has 1 atom stereocenters. The molecule has 2 nitrogen and oxygen atoms in total. The first-order valence-corrected chi connectivity index (χ1v) is 6.43. The molecule has 0 saturated carbocycles. The number of carbonyl (C=O) groups excluding carboxylic acids is 1. The highest BCUT2D eigenvalue weighted by Gasteiger charge is 2.15. The number of rotatable bonds is 7. The molecular formula is C11H21BrO2. The van der Waals surface area contributed by atoms with Crippen molar-refractivity contribution in [2.24, 2.45) is 11.8 Å². The van der Waals surface area contributed by atoms with E-state index in [0.717, 1.165) is 18.2 Å². The molecule has 0 rings (SSSR count). The Morgan fingerprint density at radius 3 is 2.50 bits per heavy atom. The van der Waals surface area contributed by atoms with E-state index < -0.39 is 0 Å². The van der Waals surface area contributed by atoms with E-state index in [2.05, 4.69) is 29.8 Å². The van der Waals surface area contributed by atoms with Crippen LogP contribution >= 0.6 is 15.9 Å². The molecule has 0 N–H and O–H groups in total. The SMILES string of the molecule is CCOC(=O)C[C@@H](CCBr)CC(C)C. The second-order valence-corrected chi connectivity index (χ2v) is 4.78. The average Bonchev–Trinajstić information content (AvgIpc) is 2.03. The van der Waals surface area contributed by atoms with Crippen LogP contribution in [0.4, 0.5) is 0 Å². The lowest BCUT2D eigenvalue weighted by Gasteiger charge is -2.16. The van der Waals surface area contributed by atoms with E-state index in [4.69, 9.17) is 4.74 Å². The average molecular weight is 265 g/mol. The van der Waals surface area contributed by atoms with Crippen molar-refractivity contribution in [2.45, 2.75) is 40.0 Å². The molecule has 0 spiro atoms.